The van der Waals surface area contributed by atoms with Gasteiger partial charge in [0.2, 0.25) is 5.91 Å². The van der Waals surface area contributed by atoms with Crippen molar-refractivity contribution in [2.75, 3.05) is 6.61 Å². The minimum atomic E-state index is -0.450. The molecule has 1 amide bonds. The summed E-state index contributed by atoms with van der Waals surface area (Å²) in [7, 11) is 0. The lowest BCUT2D eigenvalue weighted by Crippen LogP contribution is -2.34. The molecule has 120 valence electrons. The SMILES string of the molecule is O=C(Cc1c[nH]c2ccc([N+](=O)[O-])cc12)N[C@@H]1C=C[C@H](CO)C1. The molecule has 1 aliphatic carbocycles. The molecule has 1 aliphatic rings. The Hall–Kier alpha value is -2.67. The van der Waals surface area contributed by atoms with Crippen molar-refractivity contribution in [1.29, 1.82) is 0 Å². The molecule has 1 aromatic carbocycles. The summed E-state index contributed by atoms with van der Waals surface area (Å²) in [5, 5.41) is 23.6. The molecule has 3 rings (SSSR count). The molecule has 2 atom stereocenters. The number of nitro benzene ring substituents is 1. The Labute approximate surface area is 132 Å². The quantitative estimate of drug-likeness (QED) is 0.443. The van der Waals surface area contributed by atoms with E-state index in [1.54, 1.807) is 12.3 Å². The third-order valence-electron chi connectivity index (χ3n) is 4.07. The smallest absolute Gasteiger partial charge is 0.270 e. The molecule has 0 unspecified atom stereocenters. The minimum absolute atomic E-state index is 0.00303. The van der Waals surface area contributed by atoms with Crippen LogP contribution in [0, 0.1) is 16.0 Å². The standard InChI is InChI=1S/C16H17N3O4/c20-9-10-1-2-12(5-10)18-16(21)6-11-8-17-15-4-3-13(19(22)23)7-14(11)15/h1-4,7-8,10,12,17,20H,5-6,9H2,(H,18,21)/t10-,12+/m0/s1. The van der Waals surface area contributed by atoms with E-state index in [-0.39, 0.29) is 36.6 Å². The molecule has 1 heterocycles. The number of nitro groups is 1. The van der Waals surface area contributed by atoms with Gasteiger partial charge >= 0.3 is 0 Å². The first-order valence-electron chi connectivity index (χ1n) is 7.40. The average Bonchev–Trinajstić information content (AvgIpc) is 3.14. The van der Waals surface area contributed by atoms with E-state index in [1.165, 1.54) is 12.1 Å². The van der Waals surface area contributed by atoms with Crippen molar-refractivity contribution >= 4 is 22.5 Å². The van der Waals surface area contributed by atoms with Crippen LogP contribution in [0.4, 0.5) is 5.69 Å². The Bertz CT molecular complexity index is 781. The first-order chi connectivity index (χ1) is 11.1. The third kappa shape index (κ3) is 3.24. The van der Waals surface area contributed by atoms with E-state index < -0.39 is 4.92 Å². The van der Waals surface area contributed by atoms with Gasteiger partial charge in [-0.15, -0.1) is 0 Å². The van der Waals surface area contributed by atoms with Crippen LogP contribution in [-0.2, 0) is 11.2 Å². The maximum atomic E-state index is 12.2. The highest BCUT2D eigenvalue weighted by atomic mass is 16.6. The minimum Gasteiger partial charge on any atom is -0.396 e. The van der Waals surface area contributed by atoms with Crippen LogP contribution >= 0.6 is 0 Å². The second-order valence-corrected chi connectivity index (χ2v) is 5.71. The van der Waals surface area contributed by atoms with E-state index in [0.717, 1.165) is 11.1 Å². The number of carbonyl (C=O) groups excluding carboxylic acids is 1. The lowest BCUT2D eigenvalue weighted by Gasteiger charge is -2.12. The number of nitrogens with zero attached hydrogens (tertiary/aromatic N) is 1. The molecule has 1 aromatic heterocycles. The molecular weight excluding hydrogens is 298 g/mol. The predicted octanol–water partition coefficient (Wildman–Crippen LogP) is 1.67. The molecule has 0 saturated carbocycles. The molecule has 23 heavy (non-hydrogen) atoms. The zero-order valence-electron chi connectivity index (χ0n) is 12.4. The largest absolute Gasteiger partial charge is 0.396 e. The highest BCUT2D eigenvalue weighted by Crippen LogP contribution is 2.24. The molecule has 0 saturated heterocycles. The molecule has 7 nitrogen and oxygen atoms in total. The van der Waals surface area contributed by atoms with Crippen molar-refractivity contribution in [3.8, 4) is 0 Å². The summed E-state index contributed by atoms with van der Waals surface area (Å²) in [6.45, 7) is 0.0784. The summed E-state index contributed by atoms with van der Waals surface area (Å²) < 4.78 is 0. The number of benzene rings is 1. The molecule has 0 aliphatic heterocycles. The van der Waals surface area contributed by atoms with Gasteiger partial charge in [-0.2, -0.15) is 0 Å². The van der Waals surface area contributed by atoms with Crippen LogP contribution in [-0.4, -0.2) is 33.6 Å². The van der Waals surface area contributed by atoms with Gasteiger partial charge in [-0.25, -0.2) is 0 Å². The molecule has 0 bridgehead atoms. The van der Waals surface area contributed by atoms with Crippen LogP contribution in [0.5, 0.6) is 0 Å². The Kier molecular flexibility index (Phi) is 4.12. The topological polar surface area (TPSA) is 108 Å². The number of aromatic amines is 1. The van der Waals surface area contributed by atoms with E-state index in [4.69, 9.17) is 5.11 Å². The molecule has 0 spiro atoms. The fourth-order valence-electron chi connectivity index (χ4n) is 2.87. The van der Waals surface area contributed by atoms with E-state index in [2.05, 4.69) is 10.3 Å². The van der Waals surface area contributed by atoms with Crippen molar-refractivity contribution in [2.45, 2.75) is 18.9 Å². The van der Waals surface area contributed by atoms with Crippen LogP contribution in [0.2, 0.25) is 0 Å². The third-order valence-corrected chi connectivity index (χ3v) is 4.07. The second-order valence-electron chi connectivity index (χ2n) is 5.71. The van der Waals surface area contributed by atoms with Crippen LogP contribution in [0.3, 0.4) is 0 Å². The summed E-state index contributed by atoms with van der Waals surface area (Å²) in [4.78, 5) is 25.6. The molecule has 0 radical (unpaired) electrons. The lowest BCUT2D eigenvalue weighted by molar-refractivity contribution is -0.384. The van der Waals surface area contributed by atoms with Gasteiger partial charge in [-0.1, -0.05) is 12.2 Å². The first-order valence-corrected chi connectivity index (χ1v) is 7.40. The number of aromatic nitrogens is 1. The van der Waals surface area contributed by atoms with Crippen molar-refractivity contribution in [2.24, 2.45) is 5.92 Å². The van der Waals surface area contributed by atoms with Crippen molar-refractivity contribution < 1.29 is 14.8 Å². The molecule has 7 heteroatoms. The number of hydrogen-bond donors (Lipinski definition) is 3. The van der Waals surface area contributed by atoms with Crippen molar-refractivity contribution in [1.82, 2.24) is 10.3 Å². The fourth-order valence-corrected chi connectivity index (χ4v) is 2.87. The summed E-state index contributed by atoms with van der Waals surface area (Å²) in [6.07, 6.45) is 6.34. The normalized spacial score (nSPS) is 20.0. The lowest BCUT2D eigenvalue weighted by atomic mass is 10.1. The van der Waals surface area contributed by atoms with Crippen molar-refractivity contribution in [3.05, 3.63) is 52.2 Å². The molecule has 2 aromatic rings. The van der Waals surface area contributed by atoms with E-state index in [1.807, 2.05) is 12.2 Å². The Balaban J connectivity index is 1.71. The molecule has 3 N–H and O–H groups in total. The van der Waals surface area contributed by atoms with Crippen LogP contribution in [0.25, 0.3) is 10.9 Å². The fraction of sp³-hybridized carbons (Fsp3) is 0.312. The molecular formula is C16H17N3O4. The summed E-state index contributed by atoms with van der Waals surface area (Å²) >= 11 is 0. The maximum absolute atomic E-state index is 12.2. The number of non-ortho nitro benzene ring substituents is 1. The van der Waals surface area contributed by atoms with Gasteiger partial charge < -0.3 is 15.4 Å². The number of fused-ring (bicyclic) bond motifs is 1. The maximum Gasteiger partial charge on any atom is 0.270 e. The zero-order valence-corrected chi connectivity index (χ0v) is 12.4. The van der Waals surface area contributed by atoms with E-state index >= 15 is 0 Å². The van der Waals surface area contributed by atoms with Gasteiger partial charge in [0.05, 0.1) is 11.3 Å². The van der Waals surface area contributed by atoms with Crippen LogP contribution in [0.1, 0.15) is 12.0 Å². The highest BCUT2D eigenvalue weighted by Gasteiger charge is 2.20. The van der Waals surface area contributed by atoms with Gasteiger partial charge in [-0.3, -0.25) is 14.9 Å². The number of H-pyrrole nitrogens is 1. The first kappa shape index (κ1) is 15.2. The van der Waals surface area contributed by atoms with Crippen molar-refractivity contribution in [3.63, 3.8) is 0 Å². The monoisotopic (exact) mass is 315 g/mol. The number of aliphatic hydroxyl groups is 1. The Morgan fingerprint density at radius 2 is 2.26 bits per heavy atom. The summed E-state index contributed by atoms with van der Waals surface area (Å²) in [5.74, 6) is -0.0540. The average molecular weight is 315 g/mol. The number of aliphatic hydroxyl groups excluding tert-OH is 1. The van der Waals surface area contributed by atoms with Crippen LogP contribution < -0.4 is 5.32 Å². The summed E-state index contributed by atoms with van der Waals surface area (Å²) in [6, 6.07) is 4.48. The van der Waals surface area contributed by atoms with Crippen LogP contribution in [0.15, 0.2) is 36.5 Å². The second kappa shape index (κ2) is 6.21. The van der Waals surface area contributed by atoms with E-state index in [9.17, 15) is 14.9 Å². The van der Waals surface area contributed by atoms with Gasteiger partial charge in [0, 0.05) is 47.8 Å². The number of hydrogen-bond acceptors (Lipinski definition) is 4. The Morgan fingerprint density at radius 1 is 1.43 bits per heavy atom. The highest BCUT2D eigenvalue weighted by molar-refractivity contribution is 5.90. The van der Waals surface area contributed by atoms with Gasteiger partial charge in [0.1, 0.15) is 0 Å². The zero-order chi connectivity index (χ0) is 16.4. The number of carbonyl (C=O) groups is 1. The summed E-state index contributed by atoms with van der Waals surface area (Å²) in [5.41, 5.74) is 1.49. The van der Waals surface area contributed by atoms with E-state index in [0.29, 0.717) is 11.8 Å². The Morgan fingerprint density at radius 3 is 2.96 bits per heavy atom. The van der Waals surface area contributed by atoms with Gasteiger partial charge in [0.25, 0.3) is 5.69 Å². The molecule has 0 fully saturated rings. The number of amides is 1. The van der Waals surface area contributed by atoms with Gasteiger partial charge in [0.15, 0.2) is 0 Å². The number of rotatable bonds is 5. The van der Waals surface area contributed by atoms with Gasteiger partial charge in [-0.05, 0) is 18.1 Å². The predicted molar refractivity (Wildman–Crippen MR) is 84.9 cm³/mol. The number of nitrogens with one attached hydrogen (secondary N) is 2.